The molecule has 0 aliphatic carbocycles. The Morgan fingerprint density at radius 1 is 1.05 bits per heavy atom. The van der Waals surface area contributed by atoms with E-state index in [0.717, 1.165) is 11.6 Å². The first-order chi connectivity index (χ1) is 9.50. The van der Waals surface area contributed by atoms with Gasteiger partial charge in [-0.15, -0.1) is 0 Å². The van der Waals surface area contributed by atoms with Crippen molar-refractivity contribution in [2.24, 2.45) is 5.92 Å². The summed E-state index contributed by atoms with van der Waals surface area (Å²) in [7, 11) is 0. The number of furan rings is 1. The van der Waals surface area contributed by atoms with Crippen LogP contribution in [0.3, 0.4) is 0 Å². The van der Waals surface area contributed by atoms with E-state index in [0.29, 0.717) is 0 Å². The fourth-order valence-corrected chi connectivity index (χ4v) is 1.91. The minimum Gasteiger partial charge on any atom is -0.453 e. The third kappa shape index (κ3) is 3.03. The maximum absolute atomic E-state index is 12.5. The van der Waals surface area contributed by atoms with Gasteiger partial charge in [0.25, 0.3) is 0 Å². The van der Waals surface area contributed by atoms with E-state index in [4.69, 9.17) is 4.42 Å². The summed E-state index contributed by atoms with van der Waals surface area (Å²) >= 11 is 0. The van der Waals surface area contributed by atoms with Crippen molar-refractivity contribution in [3.8, 4) is 0 Å². The molecule has 0 bridgehead atoms. The van der Waals surface area contributed by atoms with Crippen molar-refractivity contribution in [2.45, 2.75) is 19.3 Å². The lowest BCUT2D eigenvalue weighted by Gasteiger charge is -2.20. The molecule has 0 atom stereocenters. The number of carbonyl (C=O) groups is 1. The number of fused-ring (bicyclic) bond motifs is 1. The van der Waals surface area contributed by atoms with Gasteiger partial charge in [-0.25, -0.2) is 0 Å². The molecule has 2 nitrogen and oxygen atoms in total. The number of carbonyl (C=O) groups excluding carboxylic acids is 1. The molecule has 0 fully saturated rings. The number of Topliss-reactive ketones (excluding diaryl/α,β-unsaturated/α-hetero) is 1. The van der Waals surface area contributed by atoms with E-state index in [1.54, 1.807) is 13.0 Å². The zero-order chi connectivity index (χ0) is 16.0. The normalized spacial score (nSPS) is 13.1. The second-order valence-corrected chi connectivity index (χ2v) is 4.53. The molecular weight excluding hydrogens is 302 g/mol. The van der Waals surface area contributed by atoms with Crippen LogP contribution in [-0.4, -0.2) is 18.1 Å². The van der Waals surface area contributed by atoms with Gasteiger partial charge in [0.1, 0.15) is 5.58 Å². The average Bonchev–Trinajstić information content (AvgIpc) is 2.67. The van der Waals surface area contributed by atoms with E-state index in [1.165, 1.54) is 12.1 Å². The minimum absolute atomic E-state index is 0.0482. The van der Waals surface area contributed by atoms with Gasteiger partial charge in [0.2, 0.25) is 11.7 Å². The quantitative estimate of drug-likeness (QED) is 0.596. The fraction of sp³-hybridized carbons (Fsp3) is 0.308. The van der Waals surface area contributed by atoms with Crippen LogP contribution in [0.4, 0.5) is 26.3 Å². The highest BCUT2D eigenvalue weighted by atomic mass is 19.4. The van der Waals surface area contributed by atoms with Gasteiger partial charge in [-0.05, 0) is 25.1 Å². The predicted octanol–water partition coefficient (Wildman–Crippen LogP) is 4.66. The topological polar surface area (TPSA) is 30.2 Å². The zero-order valence-corrected chi connectivity index (χ0v) is 10.5. The SMILES string of the molecule is Cc1ccc2oc(C(=O)C(C(F)(F)F)C(F)(F)F)cc2c1. The van der Waals surface area contributed by atoms with E-state index >= 15 is 0 Å². The van der Waals surface area contributed by atoms with Crippen LogP contribution in [0.2, 0.25) is 0 Å². The zero-order valence-electron chi connectivity index (χ0n) is 10.5. The number of alkyl halides is 6. The largest absolute Gasteiger partial charge is 0.453 e. The van der Waals surface area contributed by atoms with Crippen LogP contribution in [0.15, 0.2) is 28.7 Å². The Bertz CT molecular complexity index is 666. The highest BCUT2D eigenvalue weighted by Gasteiger charge is 2.61. The van der Waals surface area contributed by atoms with Gasteiger partial charge >= 0.3 is 12.4 Å². The smallest absolute Gasteiger partial charge is 0.407 e. The Labute approximate surface area is 114 Å². The van der Waals surface area contributed by atoms with Crippen LogP contribution < -0.4 is 0 Å². The van der Waals surface area contributed by atoms with Gasteiger partial charge < -0.3 is 4.42 Å². The number of rotatable bonds is 2. The molecule has 0 spiro atoms. The van der Waals surface area contributed by atoms with E-state index in [9.17, 15) is 31.1 Å². The molecule has 0 unspecified atom stereocenters. The molecule has 0 amide bonds. The Hall–Kier alpha value is -1.99. The lowest BCUT2D eigenvalue weighted by molar-refractivity contribution is -0.265. The molecule has 1 heterocycles. The fourth-order valence-electron chi connectivity index (χ4n) is 1.91. The number of halogens is 6. The molecular formula is C13H8F6O2. The van der Waals surface area contributed by atoms with Crippen molar-refractivity contribution in [1.29, 1.82) is 0 Å². The Kier molecular flexibility index (Phi) is 3.51. The average molecular weight is 310 g/mol. The van der Waals surface area contributed by atoms with Crippen LogP contribution >= 0.6 is 0 Å². The summed E-state index contributed by atoms with van der Waals surface area (Å²) in [6.45, 7) is 1.68. The molecule has 8 heteroatoms. The second-order valence-electron chi connectivity index (χ2n) is 4.53. The molecule has 2 rings (SSSR count). The summed E-state index contributed by atoms with van der Waals surface area (Å²) in [5.74, 6) is -7.20. The number of ketones is 1. The van der Waals surface area contributed by atoms with Crippen LogP contribution in [0, 0.1) is 12.8 Å². The molecule has 2 aromatic rings. The van der Waals surface area contributed by atoms with Crippen molar-refractivity contribution >= 4 is 16.8 Å². The van der Waals surface area contributed by atoms with Crippen LogP contribution in [0.5, 0.6) is 0 Å². The number of hydrogen-bond acceptors (Lipinski definition) is 2. The number of benzene rings is 1. The first-order valence-electron chi connectivity index (χ1n) is 5.68. The van der Waals surface area contributed by atoms with Gasteiger partial charge in [0.05, 0.1) is 0 Å². The van der Waals surface area contributed by atoms with E-state index in [1.807, 2.05) is 0 Å². The summed E-state index contributed by atoms with van der Waals surface area (Å²) in [5, 5.41) is 0.265. The lowest BCUT2D eigenvalue weighted by Crippen LogP contribution is -2.42. The van der Waals surface area contributed by atoms with Gasteiger partial charge in [-0.2, -0.15) is 26.3 Å². The molecule has 0 aliphatic rings. The van der Waals surface area contributed by atoms with Gasteiger partial charge in [0.15, 0.2) is 5.76 Å². The Morgan fingerprint density at radius 3 is 2.14 bits per heavy atom. The molecule has 0 radical (unpaired) electrons. The summed E-state index contributed by atoms with van der Waals surface area (Å²) in [6, 6.07) is 5.31. The molecule has 0 aliphatic heterocycles. The minimum atomic E-state index is -5.73. The molecule has 0 N–H and O–H groups in total. The summed E-state index contributed by atoms with van der Waals surface area (Å²) in [5.41, 5.74) is 0.776. The standard InChI is InChI=1S/C13H8F6O2/c1-6-2-3-8-7(4-6)5-9(21-8)10(20)11(12(14,15)16)13(17,18)19/h2-5,11H,1H3. The molecule has 0 saturated heterocycles. The molecule has 1 aromatic carbocycles. The summed E-state index contributed by atoms with van der Waals surface area (Å²) in [4.78, 5) is 11.6. The van der Waals surface area contributed by atoms with Crippen molar-refractivity contribution in [3.63, 3.8) is 0 Å². The van der Waals surface area contributed by atoms with E-state index in [-0.39, 0.29) is 11.0 Å². The Balaban J connectivity index is 2.49. The van der Waals surface area contributed by atoms with Gasteiger partial charge in [0, 0.05) is 5.39 Å². The molecule has 114 valence electrons. The third-order valence-corrected chi connectivity index (χ3v) is 2.83. The number of hydrogen-bond donors (Lipinski definition) is 0. The predicted molar refractivity (Wildman–Crippen MR) is 60.9 cm³/mol. The number of aryl methyl sites for hydroxylation is 1. The first-order valence-corrected chi connectivity index (χ1v) is 5.68. The lowest BCUT2D eigenvalue weighted by atomic mass is 10.0. The Morgan fingerprint density at radius 2 is 1.62 bits per heavy atom. The molecule has 21 heavy (non-hydrogen) atoms. The summed E-state index contributed by atoms with van der Waals surface area (Å²) in [6.07, 6.45) is -11.5. The summed E-state index contributed by atoms with van der Waals surface area (Å²) < 4.78 is 79.7. The maximum atomic E-state index is 12.5. The first kappa shape index (κ1) is 15.4. The van der Waals surface area contributed by atoms with Crippen molar-refractivity contribution in [1.82, 2.24) is 0 Å². The van der Waals surface area contributed by atoms with Crippen LogP contribution in [0.1, 0.15) is 16.1 Å². The molecule has 1 aromatic heterocycles. The van der Waals surface area contributed by atoms with Gasteiger partial charge in [-0.1, -0.05) is 11.6 Å². The highest BCUT2D eigenvalue weighted by Crippen LogP contribution is 2.41. The van der Waals surface area contributed by atoms with Crippen molar-refractivity contribution < 1.29 is 35.6 Å². The van der Waals surface area contributed by atoms with Crippen LogP contribution in [-0.2, 0) is 0 Å². The van der Waals surface area contributed by atoms with E-state index in [2.05, 4.69) is 0 Å². The van der Waals surface area contributed by atoms with Crippen molar-refractivity contribution in [3.05, 3.63) is 35.6 Å². The maximum Gasteiger partial charge on any atom is 0.407 e. The van der Waals surface area contributed by atoms with Gasteiger partial charge in [-0.3, -0.25) is 4.79 Å². The second kappa shape index (κ2) is 4.78. The van der Waals surface area contributed by atoms with Crippen molar-refractivity contribution in [2.75, 3.05) is 0 Å². The van der Waals surface area contributed by atoms with E-state index < -0.39 is 29.8 Å². The van der Waals surface area contributed by atoms with Crippen LogP contribution in [0.25, 0.3) is 11.0 Å². The molecule has 0 saturated carbocycles. The highest BCUT2D eigenvalue weighted by molar-refractivity contribution is 6.00. The third-order valence-electron chi connectivity index (χ3n) is 2.83. The monoisotopic (exact) mass is 310 g/mol.